The molecule has 0 saturated carbocycles. The third-order valence-corrected chi connectivity index (χ3v) is 7.05. The normalized spacial score (nSPS) is 17.0. The van der Waals surface area contributed by atoms with Crippen LogP contribution < -0.4 is 10.2 Å². The molecule has 32 heavy (non-hydrogen) atoms. The van der Waals surface area contributed by atoms with Gasteiger partial charge in [0.15, 0.2) is 0 Å². The first-order valence-corrected chi connectivity index (χ1v) is 11.8. The fourth-order valence-corrected chi connectivity index (χ4v) is 5.38. The average molecular weight is 472 g/mol. The van der Waals surface area contributed by atoms with Crippen LogP contribution in [0, 0.1) is 0 Å². The van der Waals surface area contributed by atoms with E-state index in [-0.39, 0.29) is 15.5 Å². The third-order valence-electron chi connectivity index (χ3n) is 5.40. The van der Waals surface area contributed by atoms with E-state index in [4.69, 9.17) is 11.6 Å². The van der Waals surface area contributed by atoms with Crippen molar-refractivity contribution in [1.29, 1.82) is 0 Å². The van der Waals surface area contributed by atoms with Gasteiger partial charge in [0.05, 0.1) is 22.0 Å². The van der Waals surface area contributed by atoms with Crippen LogP contribution in [0.1, 0.15) is 36.0 Å². The quantitative estimate of drug-likeness (QED) is 0.622. The zero-order chi connectivity index (χ0) is 22.3. The molecule has 1 N–H and O–H groups in total. The van der Waals surface area contributed by atoms with E-state index < -0.39 is 15.9 Å². The fourth-order valence-electron chi connectivity index (χ4n) is 3.87. The number of aromatic nitrogens is 4. The predicted molar refractivity (Wildman–Crippen MR) is 119 cm³/mol. The Morgan fingerprint density at radius 3 is 2.81 bits per heavy atom. The van der Waals surface area contributed by atoms with Crippen molar-refractivity contribution in [2.24, 2.45) is 4.40 Å². The van der Waals surface area contributed by atoms with Gasteiger partial charge in [-0.25, -0.2) is 4.68 Å². The Morgan fingerprint density at radius 1 is 1.12 bits per heavy atom. The monoisotopic (exact) mass is 471 g/mol. The van der Waals surface area contributed by atoms with Gasteiger partial charge in [0.25, 0.3) is 15.9 Å². The molecule has 1 aromatic heterocycles. The number of halogens is 1. The Morgan fingerprint density at radius 2 is 2.00 bits per heavy atom. The van der Waals surface area contributed by atoms with E-state index in [0.29, 0.717) is 35.9 Å². The SMILES string of the molecule is O=C(Nc1cccc(-n2cnnn2)c1)c1cc2c(cc1Cl)N1CCCCCC1=NS2(=O)=O. The minimum absolute atomic E-state index is 0.0138. The van der Waals surface area contributed by atoms with Crippen LogP contribution >= 0.6 is 11.6 Å². The number of sulfonamides is 1. The molecule has 0 aliphatic carbocycles. The summed E-state index contributed by atoms with van der Waals surface area (Å²) in [5.41, 5.74) is 1.65. The largest absolute Gasteiger partial charge is 0.328 e. The van der Waals surface area contributed by atoms with Crippen molar-refractivity contribution in [3.63, 3.8) is 0 Å². The summed E-state index contributed by atoms with van der Waals surface area (Å²) in [7, 11) is -3.93. The van der Waals surface area contributed by atoms with Crippen LogP contribution in [0.5, 0.6) is 0 Å². The van der Waals surface area contributed by atoms with E-state index in [0.717, 1.165) is 19.3 Å². The summed E-state index contributed by atoms with van der Waals surface area (Å²) in [6.45, 7) is 0.660. The number of nitrogens with one attached hydrogen (secondary N) is 1. The van der Waals surface area contributed by atoms with E-state index in [1.54, 1.807) is 30.3 Å². The lowest BCUT2D eigenvalue weighted by Gasteiger charge is -2.30. The summed E-state index contributed by atoms with van der Waals surface area (Å²) in [4.78, 5) is 14.9. The van der Waals surface area contributed by atoms with Crippen LogP contribution in [0.3, 0.4) is 0 Å². The Balaban J connectivity index is 1.49. The van der Waals surface area contributed by atoms with Crippen molar-refractivity contribution in [2.75, 3.05) is 16.8 Å². The highest BCUT2D eigenvalue weighted by Crippen LogP contribution is 2.38. The Labute approximate surface area is 189 Å². The number of tetrazole rings is 1. The van der Waals surface area contributed by atoms with Gasteiger partial charge >= 0.3 is 0 Å². The number of amides is 1. The van der Waals surface area contributed by atoms with E-state index in [2.05, 4.69) is 25.2 Å². The molecule has 3 aromatic rings. The van der Waals surface area contributed by atoms with Gasteiger partial charge in [0.1, 0.15) is 17.1 Å². The molecule has 0 unspecified atom stereocenters. The summed E-state index contributed by atoms with van der Waals surface area (Å²) < 4.78 is 31.2. The van der Waals surface area contributed by atoms with Crippen LogP contribution in [0.2, 0.25) is 5.02 Å². The lowest BCUT2D eigenvalue weighted by molar-refractivity contribution is 0.102. The second kappa shape index (κ2) is 7.99. The highest BCUT2D eigenvalue weighted by molar-refractivity contribution is 7.90. The van der Waals surface area contributed by atoms with Crippen LogP contribution in [0.15, 0.2) is 52.0 Å². The number of nitrogens with zero attached hydrogens (tertiary/aromatic N) is 6. The summed E-state index contributed by atoms with van der Waals surface area (Å²) in [5, 5.41) is 13.9. The highest BCUT2D eigenvalue weighted by atomic mass is 35.5. The second-order valence-corrected chi connectivity index (χ2v) is 9.48. The summed E-state index contributed by atoms with van der Waals surface area (Å²) >= 11 is 6.45. The number of carbonyl (C=O) groups excluding carboxylic acids is 1. The predicted octanol–water partition coefficient (Wildman–Crippen LogP) is 3.05. The Kier molecular flexibility index (Phi) is 5.14. The fraction of sp³-hybridized carbons (Fsp3) is 0.250. The van der Waals surface area contributed by atoms with Crippen molar-refractivity contribution in [1.82, 2.24) is 20.2 Å². The molecule has 0 atom stereocenters. The first-order chi connectivity index (χ1) is 15.4. The molecule has 164 valence electrons. The van der Waals surface area contributed by atoms with Gasteiger partial charge in [-0.1, -0.05) is 24.1 Å². The van der Waals surface area contributed by atoms with E-state index in [1.807, 2.05) is 4.90 Å². The van der Waals surface area contributed by atoms with Crippen LogP contribution in [-0.4, -0.2) is 46.9 Å². The Hall–Kier alpha value is -3.31. The maximum Gasteiger partial charge on any atom is 0.286 e. The number of rotatable bonds is 3. The topological polar surface area (TPSA) is 122 Å². The number of anilines is 2. The zero-order valence-electron chi connectivity index (χ0n) is 16.8. The van der Waals surface area contributed by atoms with Crippen molar-refractivity contribution in [2.45, 2.75) is 30.6 Å². The molecule has 10 nitrogen and oxygen atoms in total. The summed E-state index contributed by atoms with van der Waals surface area (Å²) in [5.74, 6) is -0.00445. The van der Waals surface area contributed by atoms with Crippen molar-refractivity contribution < 1.29 is 13.2 Å². The molecule has 12 heteroatoms. The zero-order valence-corrected chi connectivity index (χ0v) is 18.3. The number of carbonyl (C=O) groups is 1. The van der Waals surface area contributed by atoms with Crippen molar-refractivity contribution in [3.05, 3.63) is 53.3 Å². The number of benzene rings is 2. The lowest BCUT2D eigenvalue weighted by Crippen LogP contribution is -2.35. The molecular weight excluding hydrogens is 454 g/mol. The number of hydrogen-bond donors (Lipinski definition) is 1. The Bertz CT molecular complexity index is 1340. The van der Waals surface area contributed by atoms with E-state index in [9.17, 15) is 13.2 Å². The summed E-state index contributed by atoms with van der Waals surface area (Å²) in [6, 6.07) is 9.75. The molecule has 2 aliphatic rings. The van der Waals surface area contributed by atoms with Crippen LogP contribution in [0.25, 0.3) is 5.69 Å². The maximum absolute atomic E-state index is 13.0. The lowest BCUT2D eigenvalue weighted by atomic mass is 10.1. The van der Waals surface area contributed by atoms with Crippen LogP contribution in [-0.2, 0) is 10.0 Å². The maximum atomic E-state index is 13.0. The highest BCUT2D eigenvalue weighted by Gasteiger charge is 2.33. The van der Waals surface area contributed by atoms with Gasteiger partial charge in [-0.05, 0) is 53.6 Å². The van der Waals surface area contributed by atoms with Gasteiger partial charge < -0.3 is 10.2 Å². The number of fused-ring (bicyclic) bond motifs is 3. The van der Waals surface area contributed by atoms with Gasteiger partial charge in [-0.2, -0.15) is 8.42 Å². The molecule has 0 spiro atoms. The molecule has 0 radical (unpaired) electrons. The number of amidine groups is 1. The molecule has 0 bridgehead atoms. The summed E-state index contributed by atoms with van der Waals surface area (Å²) in [6.07, 6.45) is 4.84. The first kappa shape index (κ1) is 20.6. The van der Waals surface area contributed by atoms with Crippen molar-refractivity contribution >= 4 is 44.7 Å². The number of hydrogen-bond acceptors (Lipinski definition) is 7. The van der Waals surface area contributed by atoms with Gasteiger partial charge in [0.2, 0.25) is 0 Å². The third kappa shape index (κ3) is 3.73. The van der Waals surface area contributed by atoms with Crippen LogP contribution in [0.4, 0.5) is 11.4 Å². The smallest absolute Gasteiger partial charge is 0.286 e. The van der Waals surface area contributed by atoms with Gasteiger partial charge in [-0.15, -0.1) is 9.50 Å². The minimum Gasteiger partial charge on any atom is -0.328 e. The van der Waals surface area contributed by atoms with Gasteiger partial charge in [-0.3, -0.25) is 4.79 Å². The van der Waals surface area contributed by atoms with E-state index >= 15 is 0 Å². The standard InChI is InChI=1S/C20H18ClN7O3S/c21-16-11-17-18(32(30,31)24-19-7-2-1-3-8-27(17)19)10-15(16)20(29)23-13-5-4-6-14(9-13)28-12-22-25-26-28/h4-6,9-12H,1-3,7-8H2,(H,23,29). The van der Waals surface area contributed by atoms with Gasteiger partial charge in [0, 0.05) is 18.7 Å². The molecular formula is C20H18ClN7O3S. The molecule has 1 amide bonds. The average Bonchev–Trinajstić information content (AvgIpc) is 3.20. The van der Waals surface area contributed by atoms with Crippen molar-refractivity contribution in [3.8, 4) is 5.69 Å². The molecule has 3 heterocycles. The first-order valence-electron chi connectivity index (χ1n) is 10.0. The molecule has 1 fully saturated rings. The molecule has 1 saturated heterocycles. The van der Waals surface area contributed by atoms with E-state index in [1.165, 1.54) is 17.1 Å². The molecule has 5 rings (SSSR count). The molecule has 2 aliphatic heterocycles. The second-order valence-electron chi connectivity index (χ2n) is 7.50. The molecule has 2 aromatic carbocycles. The minimum atomic E-state index is -3.93.